The Balaban J connectivity index is 2.96. The molecule has 2 nitrogen and oxygen atoms in total. The number of carbonyl (C=O) groups is 1. The first-order valence-electron chi connectivity index (χ1n) is 5.59. The number of aryl methyl sites for hydroxylation is 1. The fraction of sp³-hybridized carbons (Fsp3) is 0.462. The number of rotatable bonds is 5. The third-order valence-corrected chi connectivity index (χ3v) is 3.17. The van der Waals surface area contributed by atoms with E-state index in [1.54, 1.807) is 4.90 Å². The van der Waals surface area contributed by atoms with Crippen LogP contribution in [-0.4, -0.2) is 35.7 Å². The predicted octanol–water partition coefficient (Wildman–Crippen LogP) is 3.22. The number of nitrogens with zero attached hydrogens (tertiary/aromatic N) is 1. The fourth-order valence-electron chi connectivity index (χ4n) is 1.67. The van der Waals surface area contributed by atoms with Crippen LogP contribution in [0.25, 0.3) is 0 Å². The Morgan fingerprint density at radius 3 is 2.29 bits per heavy atom. The second-order valence-corrected chi connectivity index (χ2v) is 4.67. The number of amides is 1. The van der Waals surface area contributed by atoms with Gasteiger partial charge in [-0.1, -0.05) is 12.1 Å². The minimum absolute atomic E-state index is 0.00694. The van der Waals surface area contributed by atoms with Gasteiger partial charge in [0.15, 0.2) is 0 Å². The zero-order valence-corrected chi connectivity index (χ0v) is 11.7. The summed E-state index contributed by atoms with van der Waals surface area (Å²) in [6, 6.07) is 5.74. The minimum Gasteiger partial charge on any atom is -0.336 e. The number of benzene rings is 1. The van der Waals surface area contributed by atoms with Crippen molar-refractivity contribution in [3.05, 3.63) is 34.9 Å². The van der Waals surface area contributed by atoms with Gasteiger partial charge in [-0.3, -0.25) is 4.79 Å². The average Bonchev–Trinajstić information content (AvgIpc) is 2.31. The summed E-state index contributed by atoms with van der Waals surface area (Å²) < 4.78 is 0. The van der Waals surface area contributed by atoms with Gasteiger partial charge in [-0.15, -0.1) is 23.2 Å². The lowest BCUT2D eigenvalue weighted by Crippen LogP contribution is -2.34. The second kappa shape index (κ2) is 6.87. The maximum absolute atomic E-state index is 12.3. The molecule has 17 heavy (non-hydrogen) atoms. The largest absolute Gasteiger partial charge is 0.336 e. The normalized spacial score (nSPS) is 10.4. The van der Waals surface area contributed by atoms with Gasteiger partial charge in [0.1, 0.15) is 0 Å². The average molecular weight is 274 g/mol. The van der Waals surface area contributed by atoms with Crippen LogP contribution in [0.15, 0.2) is 18.2 Å². The molecule has 1 aromatic carbocycles. The summed E-state index contributed by atoms with van der Waals surface area (Å²) in [5, 5.41) is 0. The predicted molar refractivity (Wildman–Crippen MR) is 73.3 cm³/mol. The zero-order valence-electron chi connectivity index (χ0n) is 10.2. The molecular weight excluding hydrogens is 257 g/mol. The van der Waals surface area contributed by atoms with Crippen LogP contribution in [-0.2, 0) is 0 Å². The molecule has 0 fully saturated rings. The van der Waals surface area contributed by atoms with Crippen LogP contribution in [0.5, 0.6) is 0 Å². The highest BCUT2D eigenvalue weighted by Crippen LogP contribution is 2.15. The maximum atomic E-state index is 12.3. The zero-order chi connectivity index (χ0) is 12.8. The van der Waals surface area contributed by atoms with Gasteiger partial charge in [0, 0.05) is 30.4 Å². The van der Waals surface area contributed by atoms with E-state index in [4.69, 9.17) is 23.2 Å². The van der Waals surface area contributed by atoms with Crippen molar-refractivity contribution in [3.63, 3.8) is 0 Å². The Morgan fingerprint density at radius 1 is 1.18 bits per heavy atom. The lowest BCUT2D eigenvalue weighted by atomic mass is 10.0. The number of hydrogen-bond acceptors (Lipinski definition) is 1. The van der Waals surface area contributed by atoms with Crippen molar-refractivity contribution in [2.75, 3.05) is 24.8 Å². The Morgan fingerprint density at radius 2 is 1.76 bits per heavy atom. The lowest BCUT2D eigenvalue weighted by molar-refractivity contribution is 0.0774. The molecule has 1 amide bonds. The molecule has 0 N–H and O–H groups in total. The van der Waals surface area contributed by atoms with Crippen molar-refractivity contribution in [1.29, 1.82) is 0 Å². The monoisotopic (exact) mass is 273 g/mol. The summed E-state index contributed by atoms with van der Waals surface area (Å²) in [5.74, 6) is 0.855. The molecule has 0 unspecified atom stereocenters. The maximum Gasteiger partial charge on any atom is 0.254 e. The molecule has 0 aromatic heterocycles. The first kappa shape index (κ1) is 14.3. The smallest absolute Gasteiger partial charge is 0.254 e. The first-order valence-corrected chi connectivity index (χ1v) is 6.66. The number of hydrogen-bond donors (Lipinski definition) is 0. The SMILES string of the molecule is Cc1cccc(C(=O)N(CCCl)CCCl)c1C. The van der Waals surface area contributed by atoms with Gasteiger partial charge >= 0.3 is 0 Å². The number of alkyl halides is 2. The van der Waals surface area contributed by atoms with E-state index in [1.807, 2.05) is 32.0 Å². The molecule has 0 radical (unpaired) electrons. The molecule has 1 rings (SSSR count). The molecular formula is C13H17Cl2NO. The molecule has 0 atom stereocenters. The Hall–Kier alpha value is -0.730. The molecule has 0 aliphatic heterocycles. The van der Waals surface area contributed by atoms with Crippen LogP contribution >= 0.6 is 23.2 Å². The number of halogens is 2. The number of carbonyl (C=O) groups excluding carboxylic acids is 1. The summed E-state index contributed by atoms with van der Waals surface area (Å²) in [5.41, 5.74) is 2.87. The van der Waals surface area contributed by atoms with Gasteiger partial charge < -0.3 is 4.90 Å². The Bertz CT molecular complexity index is 387. The van der Waals surface area contributed by atoms with E-state index < -0.39 is 0 Å². The highest BCUT2D eigenvalue weighted by atomic mass is 35.5. The third-order valence-electron chi connectivity index (χ3n) is 2.83. The summed E-state index contributed by atoms with van der Waals surface area (Å²) in [6.45, 7) is 5.02. The van der Waals surface area contributed by atoms with Crippen molar-refractivity contribution in [2.24, 2.45) is 0 Å². The van der Waals surface area contributed by atoms with Crippen molar-refractivity contribution in [3.8, 4) is 0 Å². The van der Waals surface area contributed by atoms with Gasteiger partial charge in [-0.25, -0.2) is 0 Å². The summed E-state index contributed by atoms with van der Waals surface area (Å²) in [4.78, 5) is 14.0. The van der Waals surface area contributed by atoms with Gasteiger partial charge in [0.25, 0.3) is 5.91 Å². The Labute approximate surface area is 113 Å². The Kier molecular flexibility index (Phi) is 5.79. The van der Waals surface area contributed by atoms with Crippen molar-refractivity contribution in [2.45, 2.75) is 13.8 Å². The van der Waals surface area contributed by atoms with Crippen molar-refractivity contribution in [1.82, 2.24) is 4.90 Å². The van der Waals surface area contributed by atoms with Crippen LogP contribution < -0.4 is 0 Å². The van der Waals surface area contributed by atoms with E-state index in [-0.39, 0.29) is 5.91 Å². The van der Waals surface area contributed by atoms with Gasteiger partial charge in [-0.05, 0) is 31.0 Å². The molecule has 4 heteroatoms. The quantitative estimate of drug-likeness (QED) is 0.755. The molecule has 0 bridgehead atoms. The van der Waals surface area contributed by atoms with E-state index in [2.05, 4.69) is 0 Å². The van der Waals surface area contributed by atoms with Crippen LogP contribution in [0.4, 0.5) is 0 Å². The molecule has 0 saturated carbocycles. The van der Waals surface area contributed by atoms with Crippen molar-refractivity contribution >= 4 is 29.1 Å². The van der Waals surface area contributed by atoms with E-state index in [0.717, 1.165) is 16.7 Å². The van der Waals surface area contributed by atoms with Crippen LogP contribution in [0, 0.1) is 13.8 Å². The van der Waals surface area contributed by atoms with Crippen LogP contribution in [0.1, 0.15) is 21.5 Å². The standard InChI is InChI=1S/C13H17Cl2NO/c1-10-4-3-5-12(11(10)2)13(17)16(8-6-14)9-7-15/h3-5H,6-9H2,1-2H3. The van der Waals surface area contributed by atoms with Crippen molar-refractivity contribution < 1.29 is 4.79 Å². The molecule has 0 saturated heterocycles. The molecule has 1 aromatic rings. The van der Waals surface area contributed by atoms with E-state index in [9.17, 15) is 4.79 Å². The van der Waals surface area contributed by atoms with Crippen LogP contribution in [0.3, 0.4) is 0 Å². The molecule has 0 heterocycles. The third kappa shape index (κ3) is 3.62. The summed E-state index contributed by atoms with van der Waals surface area (Å²) >= 11 is 11.4. The topological polar surface area (TPSA) is 20.3 Å². The van der Waals surface area contributed by atoms with E-state index in [1.165, 1.54) is 0 Å². The van der Waals surface area contributed by atoms with E-state index in [0.29, 0.717) is 24.8 Å². The van der Waals surface area contributed by atoms with E-state index >= 15 is 0 Å². The van der Waals surface area contributed by atoms with Gasteiger partial charge in [0.05, 0.1) is 0 Å². The molecule has 94 valence electrons. The highest BCUT2D eigenvalue weighted by molar-refractivity contribution is 6.18. The second-order valence-electron chi connectivity index (χ2n) is 3.92. The summed E-state index contributed by atoms with van der Waals surface area (Å²) in [6.07, 6.45) is 0. The fourth-order valence-corrected chi connectivity index (χ4v) is 2.08. The van der Waals surface area contributed by atoms with Crippen LogP contribution in [0.2, 0.25) is 0 Å². The first-order chi connectivity index (χ1) is 8.11. The van der Waals surface area contributed by atoms with Gasteiger partial charge in [-0.2, -0.15) is 0 Å². The molecule has 0 aliphatic rings. The molecule has 0 aliphatic carbocycles. The van der Waals surface area contributed by atoms with Gasteiger partial charge in [0.2, 0.25) is 0 Å². The highest BCUT2D eigenvalue weighted by Gasteiger charge is 2.17. The molecule has 0 spiro atoms. The summed E-state index contributed by atoms with van der Waals surface area (Å²) in [7, 11) is 0. The minimum atomic E-state index is 0.00694. The lowest BCUT2D eigenvalue weighted by Gasteiger charge is -2.21.